The molecule has 0 saturated heterocycles. The Morgan fingerprint density at radius 3 is 2.72 bits per heavy atom. The Kier molecular flexibility index (Phi) is 4.67. The van der Waals surface area contributed by atoms with Crippen molar-refractivity contribution in [3.8, 4) is 5.88 Å². The number of hydrogen-bond donors (Lipinski definition) is 2. The van der Waals surface area contributed by atoms with Crippen molar-refractivity contribution >= 4 is 5.97 Å². The van der Waals surface area contributed by atoms with E-state index in [2.05, 4.69) is 4.98 Å². The second-order valence-electron chi connectivity index (χ2n) is 4.67. The zero-order valence-corrected chi connectivity index (χ0v) is 11.0. The summed E-state index contributed by atoms with van der Waals surface area (Å²) in [5, 5.41) is 9.48. The number of pyridine rings is 1. The molecule has 0 aromatic carbocycles. The maximum absolute atomic E-state index is 11.6. The number of carboxylic acids is 1. The summed E-state index contributed by atoms with van der Waals surface area (Å²) in [6, 6.07) is 3.59. The fourth-order valence-corrected chi connectivity index (χ4v) is 2.00. The third kappa shape index (κ3) is 2.61. The van der Waals surface area contributed by atoms with Crippen LogP contribution in [0.5, 0.6) is 5.88 Å². The number of aromatic nitrogens is 1. The SMILES string of the molecule is COc1ncccc1CC(CN)(C(=O)O)C(C)C. The van der Waals surface area contributed by atoms with Crippen LogP contribution < -0.4 is 10.5 Å². The van der Waals surface area contributed by atoms with Gasteiger partial charge in [-0.1, -0.05) is 19.9 Å². The molecule has 1 unspecified atom stereocenters. The van der Waals surface area contributed by atoms with Crippen molar-refractivity contribution in [3.05, 3.63) is 23.9 Å². The van der Waals surface area contributed by atoms with Gasteiger partial charge in [-0.3, -0.25) is 4.79 Å². The van der Waals surface area contributed by atoms with Gasteiger partial charge in [-0.05, 0) is 18.4 Å². The molecule has 18 heavy (non-hydrogen) atoms. The van der Waals surface area contributed by atoms with Crippen molar-refractivity contribution in [2.24, 2.45) is 17.1 Å². The largest absolute Gasteiger partial charge is 0.481 e. The summed E-state index contributed by atoms with van der Waals surface area (Å²) in [7, 11) is 1.52. The summed E-state index contributed by atoms with van der Waals surface area (Å²) < 4.78 is 5.15. The van der Waals surface area contributed by atoms with Crippen LogP contribution in [0.2, 0.25) is 0 Å². The van der Waals surface area contributed by atoms with Crippen LogP contribution in [-0.4, -0.2) is 29.7 Å². The summed E-state index contributed by atoms with van der Waals surface area (Å²) in [5.41, 5.74) is 5.48. The van der Waals surface area contributed by atoms with E-state index in [1.807, 2.05) is 19.9 Å². The van der Waals surface area contributed by atoms with Crippen molar-refractivity contribution in [1.29, 1.82) is 0 Å². The lowest BCUT2D eigenvalue weighted by Crippen LogP contribution is -2.45. The highest BCUT2D eigenvalue weighted by atomic mass is 16.5. The Hall–Kier alpha value is -1.62. The smallest absolute Gasteiger partial charge is 0.311 e. The highest BCUT2D eigenvalue weighted by Gasteiger charge is 2.41. The number of nitrogens with two attached hydrogens (primary N) is 1. The van der Waals surface area contributed by atoms with Crippen LogP contribution in [0.3, 0.4) is 0 Å². The van der Waals surface area contributed by atoms with Crippen LogP contribution in [0, 0.1) is 11.3 Å². The second kappa shape index (κ2) is 5.82. The predicted octanol–water partition coefficient (Wildman–Crippen LogP) is 1.32. The van der Waals surface area contributed by atoms with Gasteiger partial charge < -0.3 is 15.6 Å². The average molecular weight is 252 g/mol. The van der Waals surface area contributed by atoms with Gasteiger partial charge in [0.2, 0.25) is 5.88 Å². The summed E-state index contributed by atoms with van der Waals surface area (Å²) in [6.07, 6.45) is 1.93. The van der Waals surface area contributed by atoms with Gasteiger partial charge in [-0.2, -0.15) is 0 Å². The Labute approximate surface area is 107 Å². The predicted molar refractivity (Wildman–Crippen MR) is 68.5 cm³/mol. The molecule has 0 aliphatic carbocycles. The van der Waals surface area contributed by atoms with Gasteiger partial charge >= 0.3 is 5.97 Å². The molecule has 1 heterocycles. The summed E-state index contributed by atoms with van der Waals surface area (Å²) in [6.45, 7) is 3.81. The first-order chi connectivity index (χ1) is 8.47. The third-order valence-corrected chi connectivity index (χ3v) is 3.44. The minimum Gasteiger partial charge on any atom is -0.481 e. The molecule has 0 aliphatic heterocycles. The van der Waals surface area contributed by atoms with Gasteiger partial charge in [-0.15, -0.1) is 0 Å². The number of rotatable bonds is 6. The van der Waals surface area contributed by atoms with Crippen molar-refractivity contribution in [2.45, 2.75) is 20.3 Å². The zero-order chi connectivity index (χ0) is 13.8. The highest BCUT2D eigenvalue weighted by Crippen LogP contribution is 2.33. The Morgan fingerprint density at radius 2 is 2.28 bits per heavy atom. The molecule has 3 N–H and O–H groups in total. The van der Waals surface area contributed by atoms with E-state index < -0.39 is 11.4 Å². The molecule has 0 radical (unpaired) electrons. The molecule has 5 nitrogen and oxygen atoms in total. The minimum atomic E-state index is -0.990. The highest BCUT2D eigenvalue weighted by molar-refractivity contribution is 5.76. The molecule has 1 rings (SSSR count). The number of carboxylic acid groups (broad SMARTS) is 1. The van der Waals surface area contributed by atoms with Crippen molar-refractivity contribution in [2.75, 3.05) is 13.7 Å². The van der Waals surface area contributed by atoms with Gasteiger partial charge in [-0.25, -0.2) is 4.98 Å². The van der Waals surface area contributed by atoms with Gasteiger partial charge in [0.15, 0.2) is 0 Å². The van der Waals surface area contributed by atoms with Crippen LogP contribution in [0.4, 0.5) is 0 Å². The lowest BCUT2D eigenvalue weighted by Gasteiger charge is -2.32. The van der Waals surface area contributed by atoms with Gasteiger partial charge in [0.1, 0.15) is 0 Å². The maximum Gasteiger partial charge on any atom is 0.311 e. The van der Waals surface area contributed by atoms with Crippen molar-refractivity contribution < 1.29 is 14.6 Å². The van der Waals surface area contributed by atoms with E-state index in [0.717, 1.165) is 5.56 Å². The average Bonchev–Trinajstić information content (AvgIpc) is 2.35. The monoisotopic (exact) mass is 252 g/mol. The lowest BCUT2D eigenvalue weighted by atomic mass is 9.73. The number of hydrogen-bond acceptors (Lipinski definition) is 4. The molecule has 0 spiro atoms. The van der Waals surface area contributed by atoms with Crippen LogP contribution in [0.25, 0.3) is 0 Å². The molecule has 0 bridgehead atoms. The Bertz CT molecular complexity index is 420. The standard InChI is InChI=1S/C13H20N2O3/c1-9(2)13(8-14,12(16)17)7-10-5-4-6-15-11(10)18-3/h4-6,9H,7-8,14H2,1-3H3,(H,16,17). The molecular weight excluding hydrogens is 232 g/mol. The quantitative estimate of drug-likeness (QED) is 0.797. The molecule has 1 aromatic rings. The first kappa shape index (κ1) is 14.4. The van der Waals surface area contributed by atoms with Gasteiger partial charge in [0, 0.05) is 18.3 Å². The molecule has 100 valence electrons. The summed E-state index contributed by atoms with van der Waals surface area (Å²) >= 11 is 0. The normalized spacial score (nSPS) is 14.3. The summed E-state index contributed by atoms with van der Waals surface area (Å²) in [4.78, 5) is 15.6. The molecule has 1 atom stereocenters. The van der Waals surface area contributed by atoms with Gasteiger partial charge in [0.05, 0.1) is 12.5 Å². The third-order valence-electron chi connectivity index (χ3n) is 3.44. The number of carbonyl (C=O) groups is 1. The van der Waals surface area contributed by atoms with Crippen LogP contribution >= 0.6 is 0 Å². The first-order valence-corrected chi connectivity index (χ1v) is 5.89. The number of nitrogens with zero attached hydrogens (tertiary/aromatic N) is 1. The minimum absolute atomic E-state index is 0.0788. The number of ether oxygens (including phenoxy) is 1. The maximum atomic E-state index is 11.6. The van der Waals surface area contributed by atoms with Crippen LogP contribution in [0.1, 0.15) is 19.4 Å². The van der Waals surface area contributed by atoms with Crippen molar-refractivity contribution in [1.82, 2.24) is 4.98 Å². The van der Waals surface area contributed by atoms with E-state index in [0.29, 0.717) is 12.3 Å². The molecule has 0 fully saturated rings. The van der Waals surface area contributed by atoms with Crippen LogP contribution in [-0.2, 0) is 11.2 Å². The van der Waals surface area contributed by atoms with Crippen LogP contribution in [0.15, 0.2) is 18.3 Å². The molecule has 5 heteroatoms. The second-order valence-corrected chi connectivity index (χ2v) is 4.67. The first-order valence-electron chi connectivity index (χ1n) is 5.89. The van der Waals surface area contributed by atoms with E-state index in [-0.39, 0.29) is 12.5 Å². The van der Waals surface area contributed by atoms with Gasteiger partial charge in [0.25, 0.3) is 0 Å². The molecule has 1 aromatic heterocycles. The Morgan fingerprint density at radius 1 is 1.61 bits per heavy atom. The fourth-order valence-electron chi connectivity index (χ4n) is 2.00. The summed E-state index contributed by atoms with van der Waals surface area (Å²) in [5.74, 6) is -0.506. The van der Waals surface area contributed by atoms with E-state index >= 15 is 0 Å². The molecule has 0 amide bonds. The number of aliphatic carboxylic acids is 1. The van der Waals surface area contributed by atoms with E-state index in [4.69, 9.17) is 10.5 Å². The molecule has 0 aliphatic rings. The topological polar surface area (TPSA) is 85.4 Å². The van der Waals surface area contributed by atoms with E-state index in [1.54, 1.807) is 12.3 Å². The van der Waals surface area contributed by atoms with Crippen molar-refractivity contribution in [3.63, 3.8) is 0 Å². The fraction of sp³-hybridized carbons (Fsp3) is 0.538. The zero-order valence-electron chi connectivity index (χ0n) is 11.0. The van der Waals surface area contributed by atoms with E-state index in [1.165, 1.54) is 7.11 Å². The van der Waals surface area contributed by atoms with E-state index in [9.17, 15) is 9.90 Å². The molecular formula is C13H20N2O3. The lowest BCUT2D eigenvalue weighted by molar-refractivity contribution is -0.151. The number of methoxy groups -OCH3 is 1. The Balaban J connectivity index is 3.14. The molecule has 0 saturated carbocycles.